The number of hydrogen-bond acceptors (Lipinski definition) is 5. The predicted octanol–water partition coefficient (Wildman–Crippen LogP) is 3.75. The molecule has 1 atom stereocenters. The molecule has 0 saturated heterocycles. The summed E-state index contributed by atoms with van der Waals surface area (Å²) in [7, 11) is 3.04. The smallest absolute Gasteiger partial charge is 0.246 e. The molecule has 0 aromatic heterocycles. The number of halogens is 1. The zero-order valence-corrected chi connectivity index (χ0v) is 16.3. The minimum absolute atomic E-state index is 0.156. The van der Waals surface area contributed by atoms with Gasteiger partial charge in [0, 0.05) is 24.4 Å². The molecule has 0 bridgehead atoms. The molecular formula is C19H22ClN3O4. The van der Waals surface area contributed by atoms with Crippen LogP contribution < -0.4 is 25.4 Å². The number of methoxy groups -OCH3 is 2. The number of ether oxygens (including phenoxy) is 2. The Morgan fingerprint density at radius 3 is 2.04 bits per heavy atom. The van der Waals surface area contributed by atoms with Crippen molar-refractivity contribution in [2.24, 2.45) is 0 Å². The minimum atomic E-state index is -0.557. The van der Waals surface area contributed by atoms with E-state index in [1.165, 1.54) is 21.1 Å². The molecule has 7 nitrogen and oxygen atoms in total. The lowest BCUT2D eigenvalue weighted by atomic mass is 10.2. The highest BCUT2D eigenvalue weighted by molar-refractivity contribution is 6.32. The van der Waals surface area contributed by atoms with Gasteiger partial charge in [0.2, 0.25) is 11.8 Å². The lowest BCUT2D eigenvalue weighted by Crippen LogP contribution is -2.32. The zero-order chi connectivity index (χ0) is 20.0. The second-order valence-corrected chi connectivity index (χ2v) is 6.21. The monoisotopic (exact) mass is 391 g/mol. The Bertz CT molecular complexity index is 824. The second kappa shape index (κ2) is 9.14. The van der Waals surface area contributed by atoms with Gasteiger partial charge < -0.3 is 25.4 Å². The topological polar surface area (TPSA) is 88.7 Å². The van der Waals surface area contributed by atoms with Crippen LogP contribution in [0.1, 0.15) is 13.8 Å². The van der Waals surface area contributed by atoms with Gasteiger partial charge in [-0.15, -0.1) is 0 Å². The number of rotatable bonds is 7. The Kier molecular flexibility index (Phi) is 6.90. The maximum Gasteiger partial charge on any atom is 0.246 e. The van der Waals surface area contributed by atoms with Crippen molar-refractivity contribution in [3.8, 4) is 11.5 Å². The molecule has 8 heteroatoms. The molecule has 27 heavy (non-hydrogen) atoms. The fraction of sp³-hybridized carbons (Fsp3) is 0.263. The van der Waals surface area contributed by atoms with E-state index in [1.807, 2.05) is 0 Å². The Hall–Kier alpha value is -2.93. The molecule has 0 saturated carbocycles. The molecule has 0 radical (unpaired) electrons. The Balaban J connectivity index is 2.05. The highest BCUT2D eigenvalue weighted by Crippen LogP contribution is 2.36. The SMILES string of the molecule is COc1cc(OC)c(N[C@H](C)C(=O)Nc2ccc(NC(C)=O)cc2)cc1Cl. The molecule has 0 aliphatic carbocycles. The average Bonchev–Trinajstić information content (AvgIpc) is 2.63. The quantitative estimate of drug-likeness (QED) is 0.668. The van der Waals surface area contributed by atoms with Crippen molar-refractivity contribution >= 4 is 40.5 Å². The van der Waals surface area contributed by atoms with Gasteiger partial charge in [0.05, 0.1) is 24.9 Å². The summed E-state index contributed by atoms with van der Waals surface area (Å²) in [5, 5.41) is 8.95. The van der Waals surface area contributed by atoms with Crippen LogP contribution in [0.25, 0.3) is 0 Å². The first kappa shape index (κ1) is 20.4. The van der Waals surface area contributed by atoms with Gasteiger partial charge in [-0.2, -0.15) is 0 Å². The van der Waals surface area contributed by atoms with Crippen molar-refractivity contribution < 1.29 is 19.1 Å². The molecule has 0 unspecified atom stereocenters. The number of amides is 2. The molecule has 0 fully saturated rings. The van der Waals surface area contributed by atoms with Gasteiger partial charge in [0.25, 0.3) is 0 Å². The predicted molar refractivity (Wildman–Crippen MR) is 107 cm³/mol. The summed E-state index contributed by atoms with van der Waals surface area (Å²) in [6, 6.07) is 9.57. The fourth-order valence-corrected chi connectivity index (χ4v) is 2.60. The van der Waals surface area contributed by atoms with Crippen molar-refractivity contribution in [3.05, 3.63) is 41.4 Å². The number of nitrogens with one attached hydrogen (secondary N) is 3. The number of anilines is 3. The van der Waals surface area contributed by atoms with Crippen molar-refractivity contribution in [2.45, 2.75) is 19.9 Å². The average molecular weight is 392 g/mol. The molecule has 2 amide bonds. The van der Waals surface area contributed by atoms with Gasteiger partial charge in [0.15, 0.2) is 0 Å². The normalized spacial score (nSPS) is 11.3. The fourth-order valence-electron chi connectivity index (χ4n) is 2.36. The zero-order valence-electron chi connectivity index (χ0n) is 15.6. The van der Waals surface area contributed by atoms with Crippen LogP contribution in [0.15, 0.2) is 36.4 Å². The van der Waals surface area contributed by atoms with E-state index in [0.717, 1.165) is 0 Å². The summed E-state index contributed by atoms with van der Waals surface area (Å²) in [6.07, 6.45) is 0. The van der Waals surface area contributed by atoms with Crippen LogP contribution in [0, 0.1) is 0 Å². The Labute approximate surface area is 163 Å². The number of carbonyl (C=O) groups excluding carboxylic acids is 2. The van der Waals surface area contributed by atoms with Gasteiger partial charge in [-0.05, 0) is 37.3 Å². The first-order valence-electron chi connectivity index (χ1n) is 8.20. The minimum Gasteiger partial charge on any atom is -0.495 e. The standard InChI is InChI=1S/C19H22ClN3O4/c1-11(21-16-9-15(20)17(26-3)10-18(16)27-4)19(25)23-14-7-5-13(6-8-14)22-12(2)24/h5-11,21H,1-4H3,(H,22,24)(H,23,25)/t11-/m1/s1. The molecule has 2 aromatic rings. The summed E-state index contributed by atoms with van der Waals surface area (Å²) in [5.74, 6) is 0.596. The van der Waals surface area contributed by atoms with Crippen LogP contribution in [0.5, 0.6) is 11.5 Å². The van der Waals surface area contributed by atoms with E-state index in [0.29, 0.717) is 33.6 Å². The number of benzene rings is 2. The molecule has 3 N–H and O–H groups in total. The summed E-state index contributed by atoms with van der Waals surface area (Å²) in [5.41, 5.74) is 1.85. The van der Waals surface area contributed by atoms with Crippen molar-refractivity contribution in [3.63, 3.8) is 0 Å². The van der Waals surface area contributed by atoms with E-state index < -0.39 is 6.04 Å². The summed E-state index contributed by atoms with van der Waals surface area (Å²) >= 11 is 6.15. The van der Waals surface area contributed by atoms with Gasteiger partial charge in [0.1, 0.15) is 17.5 Å². The van der Waals surface area contributed by atoms with Crippen LogP contribution >= 0.6 is 11.6 Å². The Morgan fingerprint density at radius 1 is 0.963 bits per heavy atom. The molecule has 2 rings (SSSR count). The molecule has 0 aliphatic heterocycles. The third kappa shape index (κ3) is 5.52. The molecule has 0 aliphatic rings. The van der Waals surface area contributed by atoms with E-state index in [2.05, 4.69) is 16.0 Å². The summed E-state index contributed by atoms with van der Waals surface area (Å²) in [6.45, 7) is 3.15. The molecule has 0 heterocycles. The van der Waals surface area contributed by atoms with Crippen molar-refractivity contribution in [2.75, 3.05) is 30.2 Å². The maximum absolute atomic E-state index is 12.4. The van der Waals surface area contributed by atoms with Gasteiger partial charge >= 0.3 is 0 Å². The summed E-state index contributed by atoms with van der Waals surface area (Å²) in [4.78, 5) is 23.5. The van der Waals surface area contributed by atoms with Crippen LogP contribution in [-0.4, -0.2) is 32.1 Å². The third-order valence-corrected chi connectivity index (χ3v) is 4.01. The van der Waals surface area contributed by atoms with Crippen LogP contribution in [0.2, 0.25) is 5.02 Å². The maximum atomic E-state index is 12.4. The number of carbonyl (C=O) groups is 2. The lowest BCUT2D eigenvalue weighted by molar-refractivity contribution is -0.116. The molecule has 2 aromatic carbocycles. The van der Waals surface area contributed by atoms with Crippen LogP contribution in [-0.2, 0) is 9.59 Å². The van der Waals surface area contributed by atoms with Crippen molar-refractivity contribution in [1.29, 1.82) is 0 Å². The summed E-state index contributed by atoms with van der Waals surface area (Å²) < 4.78 is 10.5. The van der Waals surface area contributed by atoms with E-state index in [4.69, 9.17) is 21.1 Å². The van der Waals surface area contributed by atoms with Gasteiger partial charge in [-0.25, -0.2) is 0 Å². The lowest BCUT2D eigenvalue weighted by Gasteiger charge is -2.18. The van der Waals surface area contributed by atoms with E-state index in [-0.39, 0.29) is 11.8 Å². The number of hydrogen-bond donors (Lipinski definition) is 3. The highest BCUT2D eigenvalue weighted by Gasteiger charge is 2.17. The van der Waals surface area contributed by atoms with Gasteiger partial charge in [-0.1, -0.05) is 11.6 Å². The first-order chi connectivity index (χ1) is 12.8. The van der Waals surface area contributed by atoms with E-state index in [1.54, 1.807) is 43.3 Å². The van der Waals surface area contributed by atoms with E-state index >= 15 is 0 Å². The van der Waals surface area contributed by atoms with Crippen LogP contribution in [0.3, 0.4) is 0 Å². The first-order valence-corrected chi connectivity index (χ1v) is 8.58. The highest BCUT2D eigenvalue weighted by atomic mass is 35.5. The third-order valence-electron chi connectivity index (χ3n) is 3.71. The second-order valence-electron chi connectivity index (χ2n) is 5.80. The van der Waals surface area contributed by atoms with E-state index in [9.17, 15) is 9.59 Å². The molecular weight excluding hydrogens is 370 g/mol. The van der Waals surface area contributed by atoms with Crippen molar-refractivity contribution in [1.82, 2.24) is 0 Å². The van der Waals surface area contributed by atoms with Crippen LogP contribution in [0.4, 0.5) is 17.1 Å². The largest absolute Gasteiger partial charge is 0.495 e. The van der Waals surface area contributed by atoms with Gasteiger partial charge in [-0.3, -0.25) is 9.59 Å². The molecule has 0 spiro atoms. The Morgan fingerprint density at radius 2 is 1.52 bits per heavy atom. The molecule has 144 valence electrons.